The van der Waals surface area contributed by atoms with E-state index >= 15 is 0 Å². The molecule has 5 rings (SSSR count). The van der Waals surface area contributed by atoms with Crippen LogP contribution in [0.1, 0.15) is 22.5 Å². The predicted octanol–water partition coefficient (Wildman–Crippen LogP) is 3.40. The fourth-order valence-corrected chi connectivity index (χ4v) is 3.76. The van der Waals surface area contributed by atoms with Crippen LogP contribution in [0.15, 0.2) is 61.3 Å². The van der Waals surface area contributed by atoms with Crippen LogP contribution in [0.3, 0.4) is 0 Å². The van der Waals surface area contributed by atoms with Gasteiger partial charge in [0, 0.05) is 61.4 Å². The molecule has 1 aliphatic rings. The summed E-state index contributed by atoms with van der Waals surface area (Å²) in [6.07, 6.45) is 12.0. The third-order valence-corrected chi connectivity index (χ3v) is 5.61. The zero-order chi connectivity index (χ0) is 22.1. The summed E-state index contributed by atoms with van der Waals surface area (Å²) in [4.78, 5) is 28.5. The number of hydrogen-bond acceptors (Lipinski definition) is 6. The van der Waals surface area contributed by atoms with Crippen molar-refractivity contribution in [2.75, 3.05) is 25.5 Å². The largest absolute Gasteiger partial charge is 0.307 e. The lowest BCUT2D eigenvalue weighted by atomic mass is 10.0. The Kier molecular flexibility index (Phi) is 5.20. The molecule has 4 aromatic heterocycles. The van der Waals surface area contributed by atoms with Gasteiger partial charge in [0.1, 0.15) is 5.82 Å². The van der Waals surface area contributed by atoms with E-state index in [9.17, 15) is 4.79 Å². The summed E-state index contributed by atoms with van der Waals surface area (Å²) in [5, 5.41) is 8.95. The first kappa shape index (κ1) is 20.0. The van der Waals surface area contributed by atoms with Gasteiger partial charge < -0.3 is 10.2 Å². The Morgan fingerprint density at radius 2 is 1.88 bits per heavy atom. The lowest BCUT2D eigenvalue weighted by Gasteiger charge is -2.21. The molecule has 4 aromatic rings. The maximum Gasteiger partial charge on any atom is 0.256 e. The summed E-state index contributed by atoms with van der Waals surface area (Å²) in [7, 11) is 3.97. The van der Waals surface area contributed by atoms with Gasteiger partial charge in [0.15, 0.2) is 0 Å². The molecule has 8 nitrogen and oxygen atoms in total. The van der Waals surface area contributed by atoms with Gasteiger partial charge in [-0.25, -0.2) is 4.98 Å². The van der Waals surface area contributed by atoms with Gasteiger partial charge in [0.25, 0.3) is 5.91 Å². The van der Waals surface area contributed by atoms with Crippen LogP contribution in [0.4, 0.5) is 5.82 Å². The summed E-state index contributed by atoms with van der Waals surface area (Å²) in [6.45, 7) is 1.88. The number of aryl methyl sites for hydroxylation is 1. The van der Waals surface area contributed by atoms with Crippen molar-refractivity contribution < 1.29 is 4.79 Å². The molecule has 0 saturated carbocycles. The van der Waals surface area contributed by atoms with Crippen molar-refractivity contribution in [2.24, 2.45) is 7.05 Å². The molecule has 0 aliphatic carbocycles. The molecule has 0 saturated heterocycles. The molecular weight excluding hydrogens is 402 g/mol. The molecule has 1 N–H and O–H groups in total. The maximum atomic E-state index is 12.9. The molecule has 0 spiro atoms. The minimum absolute atomic E-state index is 0.212. The number of fused-ring (bicyclic) bond motifs is 1. The Hall–Kier alpha value is -3.91. The van der Waals surface area contributed by atoms with E-state index in [4.69, 9.17) is 0 Å². The lowest BCUT2D eigenvalue weighted by Crippen LogP contribution is -2.24. The zero-order valence-corrected chi connectivity index (χ0v) is 18.0. The van der Waals surface area contributed by atoms with Crippen LogP contribution in [0.25, 0.3) is 27.6 Å². The third kappa shape index (κ3) is 4.13. The highest BCUT2D eigenvalue weighted by atomic mass is 16.1. The number of carbonyl (C=O) groups is 1. The summed E-state index contributed by atoms with van der Waals surface area (Å²) in [5.41, 5.74) is 4.34. The van der Waals surface area contributed by atoms with Crippen LogP contribution in [-0.4, -0.2) is 55.7 Å². The standard InChI is InChI=1S/C24H23N7O/c1-30-7-4-16(5-8-30)21-9-17(3-6-25-21)24(32)29-23-11-18-10-22(20-14-28-31(2)15-20)26-12-19(18)13-27-23/h3-4,6,9-15H,5,7-8H2,1-2H3,(H,27,29,32). The van der Waals surface area contributed by atoms with E-state index in [1.54, 1.807) is 35.5 Å². The number of likely N-dealkylation sites (N-methyl/N-ethyl adjacent to an activating group) is 1. The van der Waals surface area contributed by atoms with Gasteiger partial charge in [-0.2, -0.15) is 5.10 Å². The van der Waals surface area contributed by atoms with E-state index in [1.165, 1.54) is 5.57 Å². The smallest absolute Gasteiger partial charge is 0.256 e. The monoisotopic (exact) mass is 425 g/mol. The van der Waals surface area contributed by atoms with Crippen molar-refractivity contribution in [1.29, 1.82) is 0 Å². The molecular formula is C24H23N7O. The first-order chi connectivity index (χ1) is 15.5. The highest BCUT2D eigenvalue weighted by Crippen LogP contribution is 2.24. The van der Waals surface area contributed by atoms with Crippen LogP contribution >= 0.6 is 0 Å². The van der Waals surface area contributed by atoms with Gasteiger partial charge in [-0.15, -0.1) is 0 Å². The lowest BCUT2D eigenvalue weighted by molar-refractivity contribution is 0.102. The number of nitrogens with zero attached hydrogens (tertiary/aromatic N) is 6. The molecule has 0 radical (unpaired) electrons. The Labute approximate surface area is 185 Å². The number of amides is 1. The normalized spacial score (nSPS) is 14.4. The SMILES string of the molecule is CN1CC=C(c2cc(C(=O)Nc3cc4cc(-c5cnn(C)c5)ncc4cn3)ccn2)CC1. The summed E-state index contributed by atoms with van der Waals surface area (Å²) in [5.74, 6) is 0.276. The molecule has 160 valence electrons. The van der Waals surface area contributed by atoms with Crippen molar-refractivity contribution in [3.63, 3.8) is 0 Å². The topological polar surface area (TPSA) is 88.8 Å². The number of hydrogen-bond donors (Lipinski definition) is 1. The number of carbonyl (C=O) groups excluding carboxylic acids is 1. The van der Waals surface area contributed by atoms with Gasteiger partial charge in [-0.1, -0.05) is 6.08 Å². The molecule has 0 bridgehead atoms. The summed E-state index contributed by atoms with van der Waals surface area (Å²) < 4.78 is 1.74. The van der Waals surface area contributed by atoms with E-state index < -0.39 is 0 Å². The van der Waals surface area contributed by atoms with Crippen molar-refractivity contribution in [2.45, 2.75) is 6.42 Å². The molecule has 1 amide bonds. The van der Waals surface area contributed by atoms with Crippen LogP contribution in [0.5, 0.6) is 0 Å². The minimum Gasteiger partial charge on any atom is -0.307 e. The molecule has 0 aromatic carbocycles. The van der Waals surface area contributed by atoms with Crippen molar-refractivity contribution in [3.8, 4) is 11.3 Å². The fourth-order valence-electron chi connectivity index (χ4n) is 3.76. The molecule has 8 heteroatoms. The average Bonchev–Trinajstić information content (AvgIpc) is 3.25. The fraction of sp³-hybridized carbons (Fsp3) is 0.208. The Morgan fingerprint density at radius 3 is 2.66 bits per heavy atom. The Balaban J connectivity index is 1.38. The van der Waals surface area contributed by atoms with E-state index in [0.29, 0.717) is 11.4 Å². The number of rotatable bonds is 4. The highest BCUT2D eigenvalue weighted by molar-refractivity contribution is 6.04. The van der Waals surface area contributed by atoms with Crippen LogP contribution < -0.4 is 5.32 Å². The second-order valence-corrected chi connectivity index (χ2v) is 8.01. The predicted molar refractivity (Wildman–Crippen MR) is 124 cm³/mol. The van der Waals surface area contributed by atoms with Crippen molar-refractivity contribution in [3.05, 3.63) is 72.6 Å². The van der Waals surface area contributed by atoms with Gasteiger partial charge in [0.05, 0.1) is 17.6 Å². The summed E-state index contributed by atoms with van der Waals surface area (Å²) in [6, 6.07) is 7.40. The minimum atomic E-state index is -0.212. The van der Waals surface area contributed by atoms with E-state index in [0.717, 1.165) is 47.2 Å². The quantitative estimate of drug-likeness (QED) is 0.539. The third-order valence-electron chi connectivity index (χ3n) is 5.61. The molecule has 1 aliphatic heterocycles. The van der Waals surface area contributed by atoms with Gasteiger partial charge >= 0.3 is 0 Å². The maximum absolute atomic E-state index is 12.9. The number of nitrogens with one attached hydrogen (secondary N) is 1. The van der Waals surface area contributed by atoms with Crippen LogP contribution in [0.2, 0.25) is 0 Å². The molecule has 0 unspecified atom stereocenters. The Bertz CT molecular complexity index is 1340. The van der Waals surface area contributed by atoms with E-state index in [-0.39, 0.29) is 5.91 Å². The first-order valence-electron chi connectivity index (χ1n) is 10.5. The second kappa shape index (κ2) is 8.32. The molecule has 0 atom stereocenters. The summed E-state index contributed by atoms with van der Waals surface area (Å²) >= 11 is 0. The van der Waals surface area contributed by atoms with Gasteiger partial charge in [-0.05, 0) is 48.7 Å². The van der Waals surface area contributed by atoms with Crippen molar-refractivity contribution >= 4 is 28.1 Å². The molecule has 5 heterocycles. The van der Waals surface area contributed by atoms with Gasteiger partial charge in [-0.3, -0.25) is 19.4 Å². The zero-order valence-electron chi connectivity index (χ0n) is 18.0. The van der Waals surface area contributed by atoms with E-state index in [2.05, 4.69) is 43.4 Å². The molecule has 0 fully saturated rings. The van der Waals surface area contributed by atoms with Crippen molar-refractivity contribution in [1.82, 2.24) is 29.6 Å². The van der Waals surface area contributed by atoms with Crippen LogP contribution in [-0.2, 0) is 7.05 Å². The molecule has 32 heavy (non-hydrogen) atoms. The highest BCUT2D eigenvalue weighted by Gasteiger charge is 2.14. The number of anilines is 1. The number of aromatic nitrogens is 5. The van der Waals surface area contributed by atoms with Gasteiger partial charge in [0.2, 0.25) is 0 Å². The first-order valence-corrected chi connectivity index (χ1v) is 10.5. The Morgan fingerprint density at radius 1 is 1.00 bits per heavy atom. The number of pyridine rings is 3. The second-order valence-electron chi connectivity index (χ2n) is 8.01. The van der Waals surface area contributed by atoms with Crippen LogP contribution in [0, 0.1) is 0 Å². The van der Waals surface area contributed by atoms with E-state index in [1.807, 2.05) is 31.4 Å². The average molecular weight is 425 g/mol.